The molecule has 2 aromatic rings. The molecular formula is C20H25ClN2O3. The minimum absolute atomic E-state index is 0.0975. The second kappa shape index (κ2) is 8.92. The van der Waals surface area contributed by atoms with Gasteiger partial charge in [-0.15, -0.1) is 0 Å². The maximum atomic E-state index is 12.6. The lowest BCUT2D eigenvalue weighted by Crippen LogP contribution is -2.39. The Morgan fingerprint density at radius 2 is 1.96 bits per heavy atom. The van der Waals surface area contributed by atoms with Gasteiger partial charge in [0.15, 0.2) is 11.5 Å². The van der Waals surface area contributed by atoms with Gasteiger partial charge in [-0.2, -0.15) is 0 Å². The van der Waals surface area contributed by atoms with Crippen LogP contribution in [0.2, 0.25) is 5.02 Å². The van der Waals surface area contributed by atoms with Gasteiger partial charge in [0.2, 0.25) is 5.91 Å². The number of nitrogens with zero attached hydrogens (tertiary/aromatic N) is 1. The number of likely N-dealkylation sites (N-methyl/N-ethyl adjacent to an activating group) is 1. The molecule has 2 aromatic carbocycles. The number of ether oxygens (including phenoxy) is 2. The van der Waals surface area contributed by atoms with Gasteiger partial charge in [0.25, 0.3) is 0 Å². The Balaban J connectivity index is 2.11. The topological polar surface area (TPSA) is 50.8 Å². The summed E-state index contributed by atoms with van der Waals surface area (Å²) in [4.78, 5) is 14.6. The molecule has 0 saturated carbocycles. The first kappa shape index (κ1) is 20.1. The second-order valence-electron chi connectivity index (χ2n) is 6.19. The molecule has 0 aliphatic heterocycles. The van der Waals surface area contributed by atoms with E-state index in [1.807, 2.05) is 50.1 Å². The lowest BCUT2D eigenvalue weighted by atomic mass is 10.1. The summed E-state index contributed by atoms with van der Waals surface area (Å²) in [6.45, 7) is 4.34. The maximum absolute atomic E-state index is 12.6. The predicted molar refractivity (Wildman–Crippen MR) is 105 cm³/mol. The standard InChI is InChI=1S/C20H25ClN2O3/c1-13-9-10-16(21)11-17(13)22-20(24)14(2)23(3)12-15-7-6-8-18(25-4)19(15)26-5/h6-11,14H,12H2,1-5H3,(H,22,24). The average molecular weight is 377 g/mol. The molecular weight excluding hydrogens is 352 g/mol. The SMILES string of the molecule is COc1cccc(CN(C)C(C)C(=O)Nc2cc(Cl)ccc2C)c1OC. The number of nitrogens with one attached hydrogen (secondary N) is 1. The summed E-state index contributed by atoms with van der Waals surface area (Å²) < 4.78 is 10.8. The van der Waals surface area contributed by atoms with Crippen LogP contribution in [0.3, 0.4) is 0 Å². The molecule has 140 valence electrons. The van der Waals surface area contributed by atoms with Crippen LogP contribution < -0.4 is 14.8 Å². The highest BCUT2D eigenvalue weighted by Gasteiger charge is 2.21. The van der Waals surface area contributed by atoms with Crippen LogP contribution in [0, 0.1) is 6.92 Å². The number of para-hydroxylation sites is 1. The molecule has 1 N–H and O–H groups in total. The number of benzene rings is 2. The van der Waals surface area contributed by atoms with E-state index in [9.17, 15) is 4.79 Å². The van der Waals surface area contributed by atoms with E-state index in [1.54, 1.807) is 26.4 Å². The fourth-order valence-corrected chi connectivity index (χ4v) is 2.82. The third-order valence-corrected chi connectivity index (χ3v) is 4.64. The van der Waals surface area contributed by atoms with E-state index in [2.05, 4.69) is 5.32 Å². The van der Waals surface area contributed by atoms with Crippen molar-refractivity contribution in [1.29, 1.82) is 0 Å². The zero-order valence-corrected chi connectivity index (χ0v) is 16.6. The highest BCUT2D eigenvalue weighted by Crippen LogP contribution is 2.31. The average Bonchev–Trinajstić information content (AvgIpc) is 2.63. The monoisotopic (exact) mass is 376 g/mol. The van der Waals surface area contributed by atoms with Gasteiger partial charge in [-0.1, -0.05) is 29.8 Å². The number of methoxy groups -OCH3 is 2. The van der Waals surface area contributed by atoms with Crippen LogP contribution in [0.15, 0.2) is 36.4 Å². The van der Waals surface area contributed by atoms with Gasteiger partial charge < -0.3 is 14.8 Å². The van der Waals surface area contributed by atoms with Gasteiger partial charge in [-0.05, 0) is 44.7 Å². The van der Waals surface area contributed by atoms with Crippen molar-refractivity contribution < 1.29 is 14.3 Å². The number of carbonyl (C=O) groups excluding carboxylic acids is 1. The Hall–Kier alpha value is -2.24. The number of carbonyl (C=O) groups is 1. The normalized spacial score (nSPS) is 12.0. The van der Waals surface area contributed by atoms with Crippen molar-refractivity contribution in [2.24, 2.45) is 0 Å². The van der Waals surface area contributed by atoms with Crippen molar-refractivity contribution in [1.82, 2.24) is 4.90 Å². The highest BCUT2D eigenvalue weighted by atomic mass is 35.5. The van der Waals surface area contributed by atoms with Crippen molar-refractivity contribution in [3.05, 3.63) is 52.5 Å². The largest absolute Gasteiger partial charge is 0.493 e. The molecule has 0 fully saturated rings. The smallest absolute Gasteiger partial charge is 0.241 e. The number of anilines is 1. The van der Waals surface area contributed by atoms with Crippen molar-refractivity contribution in [3.63, 3.8) is 0 Å². The molecule has 0 aliphatic rings. The first-order valence-corrected chi connectivity index (χ1v) is 8.72. The summed E-state index contributed by atoms with van der Waals surface area (Å²) in [5.41, 5.74) is 2.64. The third kappa shape index (κ3) is 4.68. The quantitative estimate of drug-likeness (QED) is 0.789. The Kier molecular flexibility index (Phi) is 6.89. The molecule has 0 spiro atoms. The van der Waals surface area contributed by atoms with E-state index < -0.39 is 0 Å². The zero-order chi connectivity index (χ0) is 19.3. The fraction of sp³-hybridized carbons (Fsp3) is 0.350. The number of hydrogen-bond acceptors (Lipinski definition) is 4. The van der Waals surface area contributed by atoms with Crippen LogP contribution in [0.25, 0.3) is 0 Å². The summed E-state index contributed by atoms with van der Waals surface area (Å²) in [6.07, 6.45) is 0. The fourth-order valence-electron chi connectivity index (χ4n) is 2.65. The summed E-state index contributed by atoms with van der Waals surface area (Å²) in [6, 6.07) is 10.8. The van der Waals surface area contributed by atoms with Gasteiger partial charge in [-0.3, -0.25) is 9.69 Å². The molecule has 0 radical (unpaired) electrons. The number of amides is 1. The Bertz CT molecular complexity index is 780. The summed E-state index contributed by atoms with van der Waals surface area (Å²) in [5.74, 6) is 1.25. The van der Waals surface area contributed by atoms with Crippen LogP contribution in [-0.4, -0.2) is 38.1 Å². The molecule has 1 unspecified atom stereocenters. The third-order valence-electron chi connectivity index (χ3n) is 4.40. The minimum atomic E-state index is -0.343. The van der Waals surface area contributed by atoms with E-state index in [0.29, 0.717) is 23.1 Å². The maximum Gasteiger partial charge on any atom is 0.241 e. The molecule has 1 amide bonds. The van der Waals surface area contributed by atoms with E-state index >= 15 is 0 Å². The van der Waals surface area contributed by atoms with E-state index in [0.717, 1.165) is 16.8 Å². The Labute approximate surface area is 159 Å². The first-order chi connectivity index (χ1) is 12.4. The Morgan fingerprint density at radius 3 is 2.62 bits per heavy atom. The molecule has 0 saturated heterocycles. The van der Waals surface area contributed by atoms with Crippen LogP contribution in [-0.2, 0) is 11.3 Å². The summed E-state index contributed by atoms with van der Waals surface area (Å²) >= 11 is 6.02. The minimum Gasteiger partial charge on any atom is -0.493 e. The van der Waals surface area contributed by atoms with Crippen LogP contribution in [0.5, 0.6) is 11.5 Å². The molecule has 0 heterocycles. The zero-order valence-electron chi connectivity index (χ0n) is 15.8. The molecule has 6 heteroatoms. The van der Waals surface area contributed by atoms with E-state index in [-0.39, 0.29) is 11.9 Å². The van der Waals surface area contributed by atoms with Gasteiger partial charge in [-0.25, -0.2) is 0 Å². The highest BCUT2D eigenvalue weighted by molar-refractivity contribution is 6.31. The molecule has 0 bridgehead atoms. The lowest BCUT2D eigenvalue weighted by Gasteiger charge is -2.25. The first-order valence-electron chi connectivity index (χ1n) is 8.34. The van der Waals surface area contributed by atoms with Crippen LogP contribution >= 0.6 is 11.6 Å². The van der Waals surface area contributed by atoms with Crippen LogP contribution in [0.4, 0.5) is 5.69 Å². The summed E-state index contributed by atoms with van der Waals surface area (Å²) in [5, 5.41) is 3.54. The molecule has 2 rings (SSSR count). The van der Waals surface area contributed by atoms with Crippen molar-refractivity contribution in [3.8, 4) is 11.5 Å². The number of hydrogen-bond donors (Lipinski definition) is 1. The second-order valence-corrected chi connectivity index (χ2v) is 6.63. The molecule has 0 aromatic heterocycles. The van der Waals surface area contributed by atoms with Crippen molar-refractivity contribution in [2.75, 3.05) is 26.6 Å². The van der Waals surface area contributed by atoms with E-state index in [1.165, 1.54) is 0 Å². The lowest BCUT2D eigenvalue weighted by molar-refractivity contribution is -0.120. The predicted octanol–water partition coefficient (Wildman–Crippen LogP) is 4.12. The number of aryl methyl sites for hydroxylation is 1. The number of rotatable bonds is 7. The van der Waals surface area contributed by atoms with Gasteiger partial charge in [0.1, 0.15) is 0 Å². The van der Waals surface area contributed by atoms with E-state index in [4.69, 9.17) is 21.1 Å². The molecule has 1 atom stereocenters. The molecule has 5 nitrogen and oxygen atoms in total. The molecule has 0 aliphatic carbocycles. The van der Waals surface area contributed by atoms with Gasteiger partial charge in [0, 0.05) is 22.8 Å². The van der Waals surface area contributed by atoms with Crippen molar-refractivity contribution in [2.45, 2.75) is 26.4 Å². The number of halogens is 1. The van der Waals surface area contributed by atoms with Crippen molar-refractivity contribution >= 4 is 23.2 Å². The van der Waals surface area contributed by atoms with Gasteiger partial charge in [0.05, 0.1) is 20.3 Å². The molecule has 26 heavy (non-hydrogen) atoms. The Morgan fingerprint density at radius 1 is 1.23 bits per heavy atom. The van der Waals surface area contributed by atoms with Crippen LogP contribution in [0.1, 0.15) is 18.1 Å². The van der Waals surface area contributed by atoms with Gasteiger partial charge >= 0.3 is 0 Å². The summed E-state index contributed by atoms with van der Waals surface area (Å²) in [7, 11) is 5.11.